The molecular formula is C13H17F2NO4S. The summed E-state index contributed by atoms with van der Waals surface area (Å²) in [5, 5.41) is 9.74. The zero-order valence-corrected chi connectivity index (χ0v) is 12.3. The highest BCUT2D eigenvalue weighted by Gasteiger charge is 2.39. The second-order valence-corrected chi connectivity index (χ2v) is 7.00. The van der Waals surface area contributed by atoms with Crippen LogP contribution in [0.4, 0.5) is 8.78 Å². The van der Waals surface area contributed by atoms with Crippen LogP contribution in [-0.2, 0) is 14.8 Å². The molecule has 0 aliphatic carbocycles. The molecule has 0 aromatic heterocycles. The summed E-state index contributed by atoms with van der Waals surface area (Å²) in [4.78, 5) is 0. The van der Waals surface area contributed by atoms with Crippen LogP contribution in [0.15, 0.2) is 18.2 Å². The molecule has 118 valence electrons. The number of nitrogens with zero attached hydrogens (tertiary/aromatic N) is 1. The second kappa shape index (κ2) is 6.35. The predicted octanol–water partition coefficient (Wildman–Crippen LogP) is 1.05. The van der Waals surface area contributed by atoms with Crippen LogP contribution >= 0.6 is 0 Å². The molecule has 0 spiro atoms. The van der Waals surface area contributed by atoms with Gasteiger partial charge in [-0.25, -0.2) is 17.2 Å². The molecule has 1 saturated heterocycles. The third-order valence-electron chi connectivity index (χ3n) is 3.46. The summed E-state index contributed by atoms with van der Waals surface area (Å²) in [5.41, 5.74) is 0.325. The third-order valence-corrected chi connectivity index (χ3v) is 5.27. The summed E-state index contributed by atoms with van der Waals surface area (Å²) < 4.78 is 56.7. The van der Waals surface area contributed by atoms with Gasteiger partial charge in [-0.1, -0.05) is 6.07 Å². The monoisotopic (exact) mass is 321 g/mol. The highest BCUT2D eigenvalue weighted by molar-refractivity contribution is 7.89. The van der Waals surface area contributed by atoms with Gasteiger partial charge in [-0.05, 0) is 24.1 Å². The van der Waals surface area contributed by atoms with Gasteiger partial charge in [-0.3, -0.25) is 0 Å². The molecule has 0 bridgehead atoms. The quantitative estimate of drug-likeness (QED) is 0.880. The summed E-state index contributed by atoms with van der Waals surface area (Å²) in [6.07, 6.45) is -0.683. The molecule has 1 aliphatic rings. The van der Waals surface area contributed by atoms with Crippen LogP contribution in [0.3, 0.4) is 0 Å². The first-order chi connectivity index (χ1) is 9.85. The van der Waals surface area contributed by atoms with Crippen molar-refractivity contribution in [2.45, 2.75) is 18.6 Å². The van der Waals surface area contributed by atoms with Crippen LogP contribution in [0, 0.1) is 11.6 Å². The lowest BCUT2D eigenvalue weighted by molar-refractivity contribution is 0.188. The summed E-state index contributed by atoms with van der Waals surface area (Å²) in [5.74, 6) is -2.26. The number of aliphatic hydroxyl groups is 1. The molecule has 1 aromatic rings. The molecule has 0 radical (unpaired) electrons. The minimum atomic E-state index is -3.64. The van der Waals surface area contributed by atoms with E-state index in [1.165, 1.54) is 13.2 Å². The lowest BCUT2D eigenvalue weighted by atomic mass is 10.0. The number of ether oxygens (including phenoxy) is 1. The van der Waals surface area contributed by atoms with Crippen molar-refractivity contribution >= 4 is 10.0 Å². The SMILES string of the molecule is COCCS(=O)(=O)N1C[C@H](O)C[C@@H]1c1ccc(F)c(F)c1. The Morgan fingerprint density at radius 2 is 2.10 bits per heavy atom. The number of sulfonamides is 1. The normalized spacial score (nSPS) is 23.6. The van der Waals surface area contributed by atoms with Gasteiger partial charge in [-0.2, -0.15) is 4.31 Å². The molecule has 1 aromatic carbocycles. The predicted molar refractivity (Wildman–Crippen MR) is 72.1 cm³/mol. The van der Waals surface area contributed by atoms with Gasteiger partial charge < -0.3 is 9.84 Å². The fraction of sp³-hybridized carbons (Fsp3) is 0.538. The number of β-amino-alcohol motifs (C(OH)–C–C–N with tert-alkyl or cyclic N) is 1. The molecule has 21 heavy (non-hydrogen) atoms. The average molecular weight is 321 g/mol. The number of benzene rings is 1. The van der Waals surface area contributed by atoms with Crippen LogP contribution in [-0.4, -0.2) is 49.9 Å². The van der Waals surface area contributed by atoms with E-state index in [9.17, 15) is 22.3 Å². The lowest BCUT2D eigenvalue weighted by Crippen LogP contribution is -2.34. The lowest BCUT2D eigenvalue weighted by Gasteiger charge is -2.24. The standard InChI is InChI=1S/C13H17F2NO4S/c1-20-4-5-21(18,19)16-8-10(17)7-13(16)9-2-3-11(14)12(15)6-9/h2-3,6,10,13,17H,4-5,7-8H2,1H3/t10-,13-/m1/s1. The largest absolute Gasteiger partial charge is 0.392 e. The molecule has 1 fully saturated rings. The van der Waals surface area contributed by atoms with E-state index in [1.54, 1.807) is 0 Å². The molecule has 8 heteroatoms. The molecule has 1 heterocycles. The van der Waals surface area contributed by atoms with Crippen molar-refractivity contribution in [3.63, 3.8) is 0 Å². The van der Waals surface area contributed by atoms with Crippen molar-refractivity contribution < 1.29 is 27.0 Å². The summed E-state index contributed by atoms with van der Waals surface area (Å²) in [7, 11) is -2.25. The van der Waals surface area contributed by atoms with Crippen LogP contribution in [0.1, 0.15) is 18.0 Å². The van der Waals surface area contributed by atoms with Crippen molar-refractivity contribution in [3.05, 3.63) is 35.4 Å². The smallest absolute Gasteiger partial charge is 0.217 e. The Hall–Kier alpha value is -1.09. The fourth-order valence-corrected chi connectivity index (χ4v) is 4.03. The van der Waals surface area contributed by atoms with Crippen molar-refractivity contribution in [2.24, 2.45) is 0 Å². The number of rotatable bonds is 5. The van der Waals surface area contributed by atoms with E-state index in [1.807, 2.05) is 0 Å². The van der Waals surface area contributed by atoms with E-state index in [0.29, 0.717) is 5.56 Å². The Morgan fingerprint density at radius 1 is 1.38 bits per heavy atom. The molecule has 1 aliphatic heterocycles. The van der Waals surface area contributed by atoms with Gasteiger partial charge in [0.25, 0.3) is 0 Å². The van der Waals surface area contributed by atoms with Crippen molar-refractivity contribution in [3.8, 4) is 0 Å². The summed E-state index contributed by atoms with van der Waals surface area (Å²) >= 11 is 0. The van der Waals surface area contributed by atoms with Gasteiger partial charge in [0.15, 0.2) is 11.6 Å². The van der Waals surface area contributed by atoms with Crippen LogP contribution in [0.25, 0.3) is 0 Å². The first-order valence-electron chi connectivity index (χ1n) is 6.46. The van der Waals surface area contributed by atoms with Crippen LogP contribution in [0.2, 0.25) is 0 Å². The minimum absolute atomic E-state index is 0.0272. The Labute approximate surface area is 122 Å². The number of hydrogen-bond donors (Lipinski definition) is 1. The van der Waals surface area contributed by atoms with E-state index in [4.69, 9.17) is 4.74 Å². The van der Waals surface area contributed by atoms with Gasteiger partial charge in [0, 0.05) is 13.7 Å². The topological polar surface area (TPSA) is 66.8 Å². The number of halogens is 2. The minimum Gasteiger partial charge on any atom is -0.392 e. The first kappa shape index (κ1) is 16.3. The Kier molecular flexibility index (Phi) is 4.92. The van der Waals surface area contributed by atoms with Crippen molar-refractivity contribution in [1.82, 2.24) is 4.31 Å². The molecular weight excluding hydrogens is 304 g/mol. The Balaban J connectivity index is 2.30. The second-order valence-electron chi connectivity index (χ2n) is 4.96. The van der Waals surface area contributed by atoms with Crippen molar-refractivity contribution in [1.29, 1.82) is 0 Å². The molecule has 0 saturated carbocycles. The molecule has 0 unspecified atom stereocenters. The van der Waals surface area contributed by atoms with Gasteiger partial charge in [0.05, 0.1) is 24.5 Å². The van der Waals surface area contributed by atoms with E-state index in [0.717, 1.165) is 16.4 Å². The summed E-state index contributed by atoms with van der Waals surface area (Å²) in [6.45, 7) is -0.0326. The molecule has 5 nitrogen and oxygen atoms in total. The van der Waals surface area contributed by atoms with Gasteiger partial charge >= 0.3 is 0 Å². The van der Waals surface area contributed by atoms with E-state index >= 15 is 0 Å². The van der Waals surface area contributed by atoms with Gasteiger partial charge in [-0.15, -0.1) is 0 Å². The maximum atomic E-state index is 13.3. The van der Waals surface area contributed by atoms with Crippen LogP contribution in [0.5, 0.6) is 0 Å². The fourth-order valence-electron chi connectivity index (χ4n) is 2.42. The van der Waals surface area contributed by atoms with E-state index in [-0.39, 0.29) is 25.3 Å². The number of hydrogen-bond acceptors (Lipinski definition) is 4. The number of aliphatic hydroxyl groups excluding tert-OH is 1. The average Bonchev–Trinajstić information content (AvgIpc) is 2.82. The van der Waals surface area contributed by atoms with Crippen molar-refractivity contribution in [2.75, 3.05) is 26.0 Å². The zero-order chi connectivity index (χ0) is 15.6. The van der Waals surface area contributed by atoms with Crippen LogP contribution < -0.4 is 0 Å². The summed E-state index contributed by atoms with van der Waals surface area (Å²) in [6, 6.07) is 2.56. The zero-order valence-electron chi connectivity index (χ0n) is 11.5. The maximum absolute atomic E-state index is 13.3. The van der Waals surface area contributed by atoms with Gasteiger partial charge in [0.1, 0.15) is 0 Å². The maximum Gasteiger partial charge on any atom is 0.217 e. The molecule has 2 rings (SSSR count). The number of methoxy groups -OCH3 is 1. The molecule has 1 N–H and O–H groups in total. The third kappa shape index (κ3) is 3.57. The molecule has 0 amide bonds. The first-order valence-corrected chi connectivity index (χ1v) is 8.07. The van der Waals surface area contributed by atoms with Gasteiger partial charge in [0.2, 0.25) is 10.0 Å². The molecule has 2 atom stereocenters. The highest BCUT2D eigenvalue weighted by Crippen LogP contribution is 2.35. The van der Waals surface area contributed by atoms with E-state index in [2.05, 4.69) is 0 Å². The highest BCUT2D eigenvalue weighted by atomic mass is 32.2. The van der Waals surface area contributed by atoms with E-state index < -0.39 is 33.8 Å². The Bertz CT molecular complexity index is 608. The Morgan fingerprint density at radius 3 is 2.71 bits per heavy atom.